The fourth-order valence-corrected chi connectivity index (χ4v) is 1.94. The second-order valence-corrected chi connectivity index (χ2v) is 4.90. The van der Waals surface area contributed by atoms with E-state index in [0.717, 1.165) is 0 Å². The molecule has 1 N–H and O–H groups in total. The molecule has 0 bridgehead atoms. The average molecular weight is 355 g/mol. The third kappa shape index (κ3) is 3.47. The lowest BCUT2D eigenvalue weighted by molar-refractivity contribution is -0.386. The van der Waals surface area contributed by atoms with E-state index >= 15 is 0 Å². The molecule has 21 heavy (non-hydrogen) atoms. The standard InChI is InChI=1S/C13H11BrN2O5/c1-20-12-4-8(7-17)2-3-11(12)21-13-10(16(18)19)5-9(14)6-15-13/h2-6,17H,7H2,1H3. The Labute approximate surface area is 128 Å². The van der Waals surface area contributed by atoms with Crippen LogP contribution in [0.2, 0.25) is 0 Å². The highest BCUT2D eigenvalue weighted by molar-refractivity contribution is 9.10. The van der Waals surface area contributed by atoms with Crippen molar-refractivity contribution in [2.24, 2.45) is 0 Å². The summed E-state index contributed by atoms with van der Waals surface area (Å²) < 4.78 is 11.1. The molecule has 110 valence electrons. The molecule has 1 aromatic carbocycles. The molecule has 1 heterocycles. The minimum absolute atomic E-state index is 0.141. The number of ether oxygens (including phenoxy) is 2. The van der Waals surface area contributed by atoms with Crippen molar-refractivity contribution in [1.82, 2.24) is 4.98 Å². The molecule has 0 unspecified atom stereocenters. The van der Waals surface area contributed by atoms with Crippen molar-refractivity contribution in [3.63, 3.8) is 0 Å². The van der Waals surface area contributed by atoms with Gasteiger partial charge in [-0.2, -0.15) is 0 Å². The van der Waals surface area contributed by atoms with Crippen molar-refractivity contribution in [2.45, 2.75) is 6.61 Å². The van der Waals surface area contributed by atoms with Crippen molar-refractivity contribution < 1.29 is 19.5 Å². The molecule has 2 rings (SSSR count). The van der Waals surface area contributed by atoms with Crippen LogP contribution in [0.1, 0.15) is 5.56 Å². The van der Waals surface area contributed by atoms with Crippen molar-refractivity contribution in [1.29, 1.82) is 0 Å². The van der Waals surface area contributed by atoms with Crippen molar-refractivity contribution >= 4 is 21.6 Å². The maximum atomic E-state index is 11.0. The van der Waals surface area contributed by atoms with Gasteiger partial charge in [0.15, 0.2) is 11.5 Å². The van der Waals surface area contributed by atoms with Gasteiger partial charge >= 0.3 is 5.69 Å². The van der Waals surface area contributed by atoms with Gasteiger partial charge in [0.2, 0.25) is 0 Å². The summed E-state index contributed by atoms with van der Waals surface area (Å²) in [4.78, 5) is 14.3. The number of aliphatic hydroxyl groups is 1. The molecule has 8 heteroatoms. The first-order valence-corrected chi connectivity index (χ1v) is 6.60. The lowest BCUT2D eigenvalue weighted by Gasteiger charge is -2.10. The van der Waals surface area contributed by atoms with Crippen LogP contribution < -0.4 is 9.47 Å². The van der Waals surface area contributed by atoms with Crippen LogP contribution in [0.25, 0.3) is 0 Å². The number of hydrogen-bond donors (Lipinski definition) is 1. The number of pyridine rings is 1. The van der Waals surface area contributed by atoms with Gasteiger partial charge < -0.3 is 14.6 Å². The molecule has 0 saturated heterocycles. The summed E-state index contributed by atoms with van der Waals surface area (Å²) in [7, 11) is 1.44. The summed E-state index contributed by atoms with van der Waals surface area (Å²) in [5.74, 6) is 0.478. The van der Waals surface area contributed by atoms with Gasteiger partial charge in [-0.3, -0.25) is 10.1 Å². The number of aliphatic hydroxyl groups excluding tert-OH is 1. The van der Waals surface area contributed by atoms with E-state index in [1.165, 1.54) is 19.4 Å². The molecule has 0 saturated carbocycles. The van der Waals surface area contributed by atoms with E-state index in [9.17, 15) is 10.1 Å². The average Bonchev–Trinajstić information content (AvgIpc) is 2.49. The van der Waals surface area contributed by atoms with Crippen LogP contribution in [-0.2, 0) is 6.61 Å². The van der Waals surface area contributed by atoms with E-state index in [-0.39, 0.29) is 23.9 Å². The summed E-state index contributed by atoms with van der Waals surface area (Å²) in [5, 5.41) is 20.1. The van der Waals surface area contributed by atoms with Crippen LogP contribution in [0, 0.1) is 10.1 Å². The molecule has 0 spiro atoms. The molecule has 0 aliphatic heterocycles. The summed E-state index contributed by atoms with van der Waals surface area (Å²) >= 11 is 3.12. The normalized spacial score (nSPS) is 10.2. The van der Waals surface area contributed by atoms with E-state index < -0.39 is 4.92 Å². The Morgan fingerprint density at radius 3 is 2.76 bits per heavy atom. The van der Waals surface area contributed by atoms with E-state index in [2.05, 4.69) is 20.9 Å². The predicted octanol–water partition coefficient (Wildman–Crippen LogP) is 3.05. The highest BCUT2D eigenvalue weighted by Gasteiger charge is 2.19. The van der Waals surface area contributed by atoms with Crippen LogP contribution in [-0.4, -0.2) is 22.1 Å². The molecule has 0 radical (unpaired) electrons. The van der Waals surface area contributed by atoms with Gasteiger partial charge in [0.25, 0.3) is 5.88 Å². The maximum absolute atomic E-state index is 11.0. The second kappa shape index (κ2) is 6.51. The first kappa shape index (κ1) is 15.2. The number of aromatic nitrogens is 1. The van der Waals surface area contributed by atoms with Crippen molar-refractivity contribution in [2.75, 3.05) is 7.11 Å². The van der Waals surface area contributed by atoms with Crippen LogP contribution in [0.3, 0.4) is 0 Å². The fraction of sp³-hybridized carbons (Fsp3) is 0.154. The monoisotopic (exact) mass is 354 g/mol. The molecule has 2 aromatic rings. The van der Waals surface area contributed by atoms with Gasteiger partial charge in [-0.25, -0.2) is 4.98 Å². The number of methoxy groups -OCH3 is 1. The number of nitrogens with zero attached hydrogens (tertiary/aromatic N) is 2. The SMILES string of the molecule is COc1cc(CO)ccc1Oc1ncc(Br)cc1[N+](=O)[O-]. The number of rotatable bonds is 5. The summed E-state index contributed by atoms with van der Waals surface area (Å²) in [6.45, 7) is -0.146. The third-order valence-corrected chi connectivity index (χ3v) is 3.05. The van der Waals surface area contributed by atoms with Gasteiger partial charge in [0, 0.05) is 16.7 Å². The van der Waals surface area contributed by atoms with Crippen LogP contribution in [0.5, 0.6) is 17.4 Å². The quantitative estimate of drug-likeness (QED) is 0.654. The Hall–Kier alpha value is -2.19. The second-order valence-electron chi connectivity index (χ2n) is 3.98. The van der Waals surface area contributed by atoms with E-state index in [4.69, 9.17) is 14.6 Å². The lowest BCUT2D eigenvalue weighted by atomic mass is 10.2. The van der Waals surface area contributed by atoms with E-state index in [1.54, 1.807) is 18.2 Å². The summed E-state index contributed by atoms with van der Waals surface area (Å²) in [6, 6.07) is 6.07. The number of benzene rings is 1. The Bertz CT molecular complexity index is 678. The minimum atomic E-state index is -0.582. The molecule has 0 aliphatic rings. The zero-order valence-electron chi connectivity index (χ0n) is 10.9. The number of halogens is 1. The van der Waals surface area contributed by atoms with E-state index in [1.807, 2.05) is 0 Å². The first-order valence-electron chi connectivity index (χ1n) is 5.80. The van der Waals surface area contributed by atoms with Gasteiger partial charge in [0.05, 0.1) is 18.6 Å². The largest absolute Gasteiger partial charge is 0.493 e. The fourth-order valence-electron chi connectivity index (χ4n) is 1.62. The topological polar surface area (TPSA) is 94.7 Å². The van der Waals surface area contributed by atoms with Crippen molar-refractivity contribution in [3.8, 4) is 17.4 Å². The Balaban J connectivity index is 2.40. The van der Waals surface area contributed by atoms with Gasteiger partial charge in [-0.15, -0.1) is 0 Å². The Morgan fingerprint density at radius 1 is 1.38 bits per heavy atom. The van der Waals surface area contributed by atoms with Gasteiger partial charge in [-0.05, 0) is 33.6 Å². The van der Waals surface area contributed by atoms with Crippen LogP contribution in [0.4, 0.5) is 5.69 Å². The molecule has 0 atom stereocenters. The van der Waals surface area contributed by atoms with Crippen LogP contribution >= 0.6 is 15.9 Å². The zero-order valence-corrected chi connectivity index (χ0v) is 12.5. The summed E-state index contributed by atoms with van der Waals surface area (Å²) in [6.07, 6.45) is 1.40. The minimum Gasteiger partial charge on any atom is -0.493 e. The van der Waals surface area contributed by atoms with Gasteiger partial charge in [0.1, 0.15) is 0 Å². The van der Waals surface area contributed by atoms with E-state index in [0.29, 0.717) is 15.8 Å². The first-order chi connectivity index (χ1) is 10.0. The molecule has 0 amide bonds. The Morgan fingerprint density at radius 2 is 2.14 bits per heavy atom. The highest BCUT2D eigenvalue weighted by atomic mass is 79.9. The predicted molar refractivity (Wildman–Crippen MR) is 77.6 cm³/mol. The van der Waals surface area contributed by atoms with Crippen LogP contribution in [0.15, 0.2) is 34.9 Å². The smallest absolute Gasteiger partial charge is 0.332 e. The number of hydrogen-bond acceptors (Lipinski definition) is 6. The molecule has 1 aromatic heterocycles. The molecule has 0 fully saturated rings. The maximum Gasteiger partial charge on any atom is 0.332 e. The molecular formula is C13H11BrN2O5. The molecule has 0 aliphatic carbocycles. The molecular weight excluding hydrogens is 344 g/mol. The van der Waals surface area contributed by atoms with Crippen molar-refractivity contribution in [3.05, 3.63) is 50.6 Å². The zero-order chi connectivity index (χ0) is 15.4. The Kier molecular flexibility index (Phi) is 4.71. The third-order valence-electron chi connectivity index (χ3n) is 2.61. The molecule has 7 nitrogen and oxygen atoms in total. The lowest BCUT2D eigenvalue weighted by Crippen LogP contribution is -1.98. The van der Waals surface area contributed by atoms with Gasteiger partial charge in [-0.1, -0.05) is 6.07 Å². The number of nitro groups is 1. The highest BCUT2D eigenvalue weighted by Crippen LogP contribution is 2.36. The summed E-state index contributed by atoms with van der Waals surface area (Å²) in [5.41, 5.74) is 0.370.